The molecular weight excluding hydrogens is 877 g/mol. The fourth-order valence-corrected chi connectivity index (χ4v) is 9.44. The lowest BCUT2D eigenvalue weighted by Gasteiger charge is -2.36. The number of sulfonamides is 1. The Kier molecular flexibility index (Phi) is 14.3. The summed E-state index contributed by atoms with van der Waals surface area (Å²) < 4.78 is 71.8. The van der Waals surface area contributed by atoms with Crippen molar-refractivity contribution >= 4 is 67.2 Å². The molecule has 1 unspecified atom stereocenters. The second kappa shape index (κ2) is 19.8. The zero-order valence-electron chi connectivity index (χ0n) is 34.3. The number of rotatable bonds is 17. The molecule has 1 aromatic heterocycles. The number of halogens is 4. The van der Waals surface area contributed by atoms with E-state index >= 15 is 0 Å². The van der Waals surface area contributed by atoms with Gasteiger partial charge in [0.15, 0.2) is 5.82 Å². The van der Waals surface area contributed by atoms with Crippen molar-refractivity contribution in [1.29, 1.82) is 0 Å². The van der Waals surface area contributed by atoms with Gasteiger partial charge in [-0.05, 0) is 110 Å². The highest BCUT2D eigenvalue weighted by atomic mass is 35.5. The molecule has 1 atom stereocenters. The van der Waals surface area contributed by atoms with Crippen LogP contribution in [0.15, 0.2) is 125 Å². The number of anilines is 3. The average molecular weight is 921 g/mol. The van der Waals surface area contributed by atoms with E-state index in [9.17, 15) is 31.7 Å². The summed E-state index contributed by atoms with van der Waals surface area (Å²) in [7, 11) is -0.601. The summed E-state index contributed by atoms with van der Waals surface area (Å²) in [6.07, 6.45) is -2.99. The number of thioether (sulfide) groups is 1. The topological polar surface area (TPSA) is 146 Å². The number of nitrogens with zero attached hydrogens (tertiary/aromatic N) is 6. The molecule has 6 aromatic rings. The smallest absolute Gasteiger partial charge is 0.406 e. The lowest BCUT2D eigenvalue weighted by molar-refractivity contribution is -0.384. The van der Waals surface area contributed by atoms with Crippen LogP contribution in [-0.2, 0) is 16.6 Å². The van der Waals surface area contributed by atoms with Gasteiger partial charge in [-0.15, -0.1) is 24.9 Å². The van der Waals surface area contributed by atoms with Crippen LogP contribution in [0.1, 0.15) is 12.0 Å². The molecule has 1 aliphatic heterocycles. The third-order valence-corrected chi connectivity index (χ3v) is 13.1. The van der Waals surface area contributed by atoms with Crippen molar-refractivity contribution in [1.82, 2.24) is 19.8 Å². The second-order valence-corrected chi connectivity index (χ2v) is 18.4. The summed E-state index contributed by atoms with van der Waals surface area (Å²) in [5, 5.41) is 16.7. The molecule has 0 radical (unpaired) electrons. The van der Waals surface area contributed by atoms with Gasteiger partial charge in [-0.25, -0.2) is 18.4 Å². The Labute approximate surface area is 372 Å². The number of fused-ring (bicyclic) bond motifs is 1. The molecule has 1 saturated heterocycles. The minimum Gasteiger partial charge on any atom is -0.406 e. The Balaban J connectivity index is 1.01. The van der Waals surface area contributed by atoms with Crippen molar-refractivity contribution in [3.63, 3.8) is 0 Å². The van der Waals surface area contributed by atoms with Gasteiger partial charge in [-0.1, -0.05) is 48.0 Å². The largest absolute Gasteiger partial charge is 0.573 e. The van der Waals surface area contributed by atoms with E-state index < -0.39 is 27.0 Å². The molecule has 2 heterocycles. The first-order valence-corrected chi connectivity index (χ1v) is 22.7. The maximum atomic E-state index is 13.8. The molecular formula is C44H44ClF3N8O5S2. The predicted molar refractivity (Wildman–Crippen MR) is 242 cm³/mol. The summed E-state index contributed by atoms with van der Waals surface area (Å²) in [6.45, 7) is 4.51. The lowest BCUT2D eigenvalue weighted by atomic mass is 9.99. The Morgan fingerprint density at radius 2 is 1.68 bits per heavy atom. The summed E-state index contributed by atoms with van der Waals surface area (Å²) in [5.41, 5.74) is 4.56. The molecule has 13 nitrogen and oxygen atoms in total. The van der Waals surface area contributed by atoms with E-state index in [1.165, 1.54) is 54.5 Å². The van der Waals surface area contributed by atoms with Crippen molar-refractivity contribution in [2.45, 2.75) is 35.2 Å². The van der Waals surface area contributed by atoms with Crippen LogP contribution in [0.25, 0.3) is 22.0 Å². The fourth-order valence-electron chi connectivity index (χ4n) is 7.22. The molecule has 1 aliphatic rings. The van der Waals surface area contributed by atoms with Gasteiger partial charge < -0.3 is 19.9 Å². The standard InChI is InChI=1S/C44H44ClF3N8O5S2/c1-53(2)19-18-33(28-62-36-12-10-35(11-13-36)61-44(46,47)48)51-40-17-14-37(26-42(40)56(57)58)63(59,60)52-43-39-16-9-34(25-41(39)49-29-50-43)55-22-20-54(21-23-55)27-31-24-32(45)8-15-38(31)30-6-4-3-5-7-30/h3-17,24-26,29,33,51H,18-23,27-28H2,1-2H3,(H,49,50,52). The van der Waals surface area contributed by atoms with Crippen LogP contribution >= 0.6 is 23.4 Å². The van der Waals surface area contributed by atoms with E-state index in [4.69, 9.17) is 11.6 Å². The van der Waals surface area contributed by atoms with E-state index in [1.54, 1.807) is 6.07 Å². The lowest BCUT2D eigenvalue weighted by Crippen LogP contribution is -2.46. The third-order valence-electron chi connectivity index (χ3n) is 10.4. The minimum absolute atomic E-state index is 0.0238. The van der Waals surface area contributed by atoms with Crippen molar-refractivity contribution in [2.75, 3.05) is 67.5 Å². The molecule has 63 heavy (non-hydrogen) atoms. The van der Waals surface area contributed by atoms with Crippen molar-refractivity contribution < 1.29 is 31.2 Å². The number of piperazine rings is 1. The number of nitrogens with one attached hydrogen (secondary N) is 2. The van der Waals surface area contributed by atoms with Crippen molar-refractivity contribution in [3.05, 3.63) is 136 Å². The van der Waals surface area contributed by atoms with Gasteiger partial charge in [0.2, 0.25) is 0 Å². The molecule has 330 valence electrons. The summed E-state index contributed by atoms with van der Waals surface area (Å²) in [5.74, 6) is 0.0715. The molecule has 0 amide bonds. The maximum Gasteiger partial charge on any atom is 0.573 e. The number of benzene rings is 5. The second-order valence-electron chi connectivity index (χ2n) is 15.2. The Hall–Kier alpha value is -5.66. The Bertz CT molecular complexity index is 2660. The highest BCUT2D eigenvalue weighted by molar-refractivity contribution is 7.99. The number of aromatic nitrogens is 2. The van der Waals surface area contributed by atoms with E-state index in [1.807, 2.05) is 61.5 Å². The number of nitro benzene ring substituents is 1. The highest BCUT2D eigenvalue weighted by Crippen LogP contribution is 2.34. The fraction of sp³-hybridized carbons (Fsp3) is 0.273. The monoisotopic (exact) mass is 920 g/mol. The van der Waals surface area contributed by atoms with Crippen LogP contribution in [0.5, 0.6) is 5.75 Å². The number of nitro groups is 1. The zero-order valence-corrected chi connectivity index (χ0v) is 36.6. The molecule has 0 saturated carbocycles. The molecule has 5 aromatic carbocycles. The molecule has 0 aliphatic carbocycles. The quantitative estimate of drug-likeness (QED) is 0.0511. The number of alkyl halides is 3. The zero-order chi connectivity index (χ0) is 44.7. The Morgan fingerprint density at radius 1 is 0.937 bits per heavy atom. The third kappa shape index (κ3) is 12.1. The van der Waals surface area contributed by atoms with E-state index in [2.05, 4.69) is 52.7 Å². The highest BCUT2D eigenvalue weighted by Gasteiger charge is 2.31. The van der Waals surface area contributed by atoms with Crippen LogP contribution in [0.4, 0.5) is 36.1 Å². The van der Waals surface area contributed by atoms with E-state index in [-0.39, 0.29) is 28.2 Å². The Morgan fingerprint density at radius 3 is 2.38 bits per heavy atom. The van der Waals surface area contributed by atoms with E-state index in [0.717, 1.165) is 61.2 Å². The van der Waals surface area contributed by atoms with Gasteiger partial charge in [0.25, 0.3) is 15.7 Å². The van der Waals surface area contributed by atoms with Crippen LogP contribution < -0.4 is 19.7 Å². The number of hydrogen-bond acceptors (Lipinski definition) is 12. The predicted octanol–water partition coefficient (Wildman–Crippen LogP) is 9.40. The molecule has 0 bridgehead atoms. The molecule has 19 heteroatoms. The molecule has 2 N–H and O–H groups in total. The summed E-state index contributed by atoms with van der Waals surface area (Å²) in [4.78, 5) is 27.3. The number of ether oxygens (including phenoxy) is 1. The first-order chi connectivity index (χ1) is 30.1. The first-order valence-electron chi connectivity index (χ1n) is 19.9. The molecule has 0 spiro atoms. The summed E-state index contributed by atoms with van der Waals surface area (Å²) >= 11 is 7.76. The molecule has 1 fully saturated rings. The van der Waals surface area contributed by atoms with Crippen molar-refractivity contribution in [2.24, 2.45) is 0 Å². The maximum absolute atomic E-state index is 13.8. The van der Waals surface area contributed by atoms with Crippen LogP contribution in [0.2, 0.25) is 5.02 Å². The van der Waals surface area contributed by atoms with Gasteiger partial charge in [0.1, 0.15) is 17.8 Å². The number of hydrogen-bond donors (Lipinski definition) is 2. The van der Waals surface area contributed by atoms with Gasteiger partial charge in [0, 0.05) is 71.6 Å². The van der Waals surface area contributed by atoms with Gasteiger partial charge >= 0.3 is 6.36 Å². The van der Waals surface area contributed by atoms with Crippen molar-refractivity contribution in [3.8, 4) is 16.9 Å². The van der Waals surface area contributed by atoms with Crippen LogP contribution in [0, 0.1) is 10.1 Å². The SMILES string of the molecule is CN(C)CCC(CSc1ccc(OC(F)(F)F)cc1)Nc1ccc(S(=O)(=O)Nc2ncnc3cc(N4CCN(Cc5cc(Cl)ccc5-c5ccccc5)CC4)ccc23)cc1[N+](=O)[O-]. The van der Waals surface area contributed by atoms with Gasteiger partial charge in [-0.2, -0.15) is 0 Å². The molecule has 7 rings (SSSR count). The van der Waals surface area contributed by atoms with E-state index in [0.29, 0.717) is 39.5 Å². The first kappa shape index (κ1) is 45.4. The average Bonchev–Trinajstić information content (AvgIpc) is 3.25. The normalized spacial score (nSPS) is 14.2. The van der Waals surface area contributed by atoms with Crippen LogP contribution in [0.3, 0.4) is 0 Å². The van der Waals surface area contributed by atoms with Gasteiger partial charge in [0.05, 0.1) is 15.3 Å². The minimum atomic E-state index is -4.81. The summed E-state index contributed by atoms with van der Waals surface area (Å²) in [6, 6.07) is 30.5. The van der Waals surface area contributed by atoms with Crippen LogP contribution in [-0.4, -0.2) is 98.1 Å². The van der Waals surface area contributed by atoms with Gasteiger partial charge in [-0.3, -0.25) is 19.7 Å².